The van der Waals surface area contributed by atoms with Crippen molar-refractivity contribution in [2.24, 2.45) is 0 Å². The van der Waals surface area contributed by atoms with Gasteiger partial charge in [0.2, 0.25) is 0 Å². The van der Waals surface area contributed by atoms with E-state index in [0.717, 1.165) is 41.1 Å². The Balaban J connectivity index is 1.63. The normalized spacial score (nSPS) is 11.4. The minimum absolute atomic E-state index is 0.566. The lowest BCUT2D eigenvalue weighted by Gasteiger charge is -2.09. The lowest BCUT2D eigenvalue weighted by Crippen LogP contribution is -2.09. The number of aryl methyl sites for hydroxylation is 2. The van der Waals surface area contributed by atoms with Crippen LogP contribution in [-0.2, 0) is 13.1 Å². The van der Waals surface area contributed by atoms with Gasteiger partial charge < -0.3 is 14.4 Å². The van der Waals surface area contributed by atoms with Gasteiger partial charge in [0.05, 0.1) is 40.5 Å². The van der Waals surface area contributed by atoms with Crippen molar-refractivity contribution in [1.82, 2.24) is 19.7 Å². The van der Waals surface area contributed by atoms with Crippen LogP contribution in [0, 0.1) is 6.92 Å². The lowest BCUT2D eigenvalue weighted by atomic mass is 10.2. The SMILES string of the molecule is CCCn1c(CNc2cnc3onc(C)c3c2)nc2ccccc21. The molecule has 0 saturated heterocycles. The molecule has 6 heteroatoms. The van der Waals surface area contributed by atoms with Crippen molar-refractivity contribution in [3.05, 3.63) is 48.0 Å². The fourth-order valence-corrected chi connectivity index (χ4v) is 2.96. The summed E-state index contributed by atoms with van der Waals surface area (Å²) in [6, 6.07) is 10.3. The van der Waals surface area contributed by atoms with Crippen LogP contribution in [0.1, 0.15) is 24.9 Å². The first kappa shape index (κ1) is 14.7. The molecule has 1 N–H and O–H groups in total. The Morgan fingerprint density at radius 2 is 2.12 bits per heavy atom. The molecule has 0 amide bonds. The Labute approximate surface area is 139 Å². The van der Waals surface area contributed by atoms with Crippen LogP contribution in [-0.4, -0.2) is 19.7 Å². The van der Waals surface area contributed by atoms with E-state index in [4.69, 9.17) is 9.51 Å². The summed E-state index contributed by atoms with van der Waals surface area (Å²) >= 11 is 0. The molecule has 122 valence electrons. The fourth-order valence-electron chi connectivity index (χ4n) is 2.96. The third-order valence-electron chi connectivity index (χ3n) is 4.14. The van der Waals surface area contributed by atoms with Crippen molar-refractivity contribution in [2.75, 3.05) is 5.32 Å². The number of benzene rings is 1. The molecule has 0 unspecified atom stereocenters. The molecule has 24 heavy (non-hydrogen) atoms. The number of hydrogen-bond acceptors (Lipinski definition) is 5. The van der Waals surface area contributed by atoms with E-state index in [1.807, 2.05) is 19.1 Å². The largest absolute Gasteiger partial charge is 0.377 e. The smallest absolute Gasteiger partial charge is 0.258 e. The van der Waals surface area contributed by atoms with Gasteiger partial charge in [0.1, 0.15) is 5.82 Å². The maximum absolute atomic E-state index is 5.15. The fraction of sp³-hybridized carbons (Fsp3) is 0.278. The molecule has 0 aliphatic rings. The zero-order valence-corrected chi connectivity index (χ0v) is 13.8. The van der Waals surface area contributed by atoms with Crippen LogP contribution < -0.4 is 5.32 Å². The van der Waals surface area contributed by atoms with E-state index in [9.17, 15) is 0 Å². The Morgan fingerprint density at radius 1 is 1.25 bits per heavy atom. The van der Waals surface area contributed by atoms with Crippen molar-refractivity contribution in [2.45, 2.75) is 33.4 Å². The number of rotatable bonds is 5. The van der Waals surface area contributed by atoms with Crippen LogP contribution in [0.2, 0.25) is 0 Å². The number of hydrogen-bond donors (Lipinski definition) is 1. The average molecular weight is 321 g/mol. The number of anilines is 1. The summed E-state index contributed by atoms with van der Waals surface area (Å²) < 4.78 is 7.43. The van der Waals surface area contributed by atoms with E-state index in [-0.39, 0.29) is 0 Å². The first-order valence-corrected chi connectivity index (χ1v) is 8.16. The summed E-state index contributed by atoms with van der Waals surface area (Å²) in [5.74, 6) is 1.03. The molecule has 6 nitrogen and oxygen atoms in total. The summed E-state index contributed by atoms with van der Waals surface area (Å²) in [4.78, 5) is 9.06. The summed E-state index contributed by atoms with van der Waals surface area (Å²) in [5, 5.41) is 8.29. The quantitative estimate of drug-likeness (QED) is 0.603. The molecule has 0 bridgehead atoms. The number of aromatic nitrogens is 4. The third kappa shape index (κ3) is 2.50. The van der Waals surface area contributed by atoms with Crippen LogP contribution in [0.5, 0.6) is 0 Å². The van der Waals surface area contributed by atoms with Crippen molar-refractivity contribution in [1.29, 1.82) is 0 Å². The number of para-hydroxylation sites is 2. The minimum atomic E-state index is 0.566. The summed E-state index contributed by atoms with van der Waals surface area (Å²) in [6.07, 6.45) is 2.83. The lowest BCUT2D eigenvalue weighted by molar-refractivity contribution is 0.443. The van der Waals surface area contributed by atoms with E-state index in [1.54, 1.807) is 6.20 Å². The van der Waals surface area contributed by atoms with Gasteiger partial charge in [-0.3, -0.25) is 0 Å². The molecule has 0 radical (unpaired) electrons. The van der Waals surface area contributed by atoms with Crippen LogP contribution in [0.4, 0.5) is 5.69 Å². The molecule has 4 rings (SSSR count). The van der Waals surface area contributed by atoms with Gasteiger partial charge in [0, 0.05) is 6.54 Å². The molecule has 0 saturated carbocycles. The van der Waals surface area contributed by atoms with E-state index >= 15 is 0 Å². The highest BCUT2D eigenvalue weighted by Gasteiger charge is 2.10. The highest BCUT2D eigenvalue weighted by Crippen LogP contribution is 2.21. The van der Waals surface area contributed by atoms with Crippen LogP contribution in [0.15, 0.2) is 41.1 Å². The Hall–Kier alpha value is -2.89. The van der Waals surface area contributed by atoms with Crippen LogP contribution in [0.25, 0.3) is 22.1 Å². The number of pyridine rings is 1. The number of nitrogens with zero attached hydrogens (tertiary/aromatic N) is 4. The van der Waals surface area contributed by atoms with E-state index in [0.29, 0.717) is 12.3 Å². The summed E-state index contributed by atoms with van der Waals surface area (Å²) in [5.41, 5.74) is 4.56. The maximum atomic E-state index is 5.15. The summed E-state index contributed by atoms with van der Waals surface area (Å²) in [6.45, 7) is 5.70. The van der Waals surface area contributed by atoms with E-state index in [2.05, 4.69) is 45.1 Å². The number of nitrogens with one attached hydrogen (secondary N) is 1. The van der Waals surface area contributed by atoms with Crippen LogP contribution in [0.3, 0.4) is 0 Å². The van der Waals surface area contributed by atoms with E-state index in [1.165, 1.54) is 5.52 Å². The van der Waals surface area contributed by atoms with Gasteiger partial charge >= 0.3 is 0 Å². The topological polar surface area (TPSA) is 68.8 Å². The Kier molecular flexibility index (Phi) is 3.65. The Bertz CT molecular complexity index is 1000. The molecule has 3 heterocycles. The second-order valence-corrected chi connectivity index (χ2v) is 5.87. The molecule has 3 aromatic heterocycles. The van der Waals surface area contributed by atoms with Gasteiger partial charge in [0.25, 0.3) is 5.71 Å². The number of imidazole rings is 1. The van der Waals surface area contributed by atoms with Crippen molar-refractivity contribution < 1.29 is 4.52 Å². The second kappa shape index (κ2) is 5.96. The average Bonchev–Trinajstić information content (AvgIpc) is 3.15. The molecule has 0 atom stereocenters. The van der Waals surface area contributed by atoms with Gasteiger partial charge in [-0.2, -0.15) is 0 Å². The molecule has 0 aliphatic heterocycles. The standard InChI is InChI=1S/C18H19N5O/c1-3-8-23-16-7-5-4-6-15(16)21-17(23)11-19-13-9-14-12(2)22-24-18(14)20-10-13/h4-7,9-10,19H,3,8,11H2,1-2H3. The maximum Gasteiger partial charge on any atom is 0.258 e. The van der Waals surface area contributed by atoms with Crippen LogP contribution >= 0.6 is 0 Å². The van der Waals surface area contributed by atoms with Crippen molar-refractivity contribution >= 4 is 27.8 Å². The highest BCUT2D eigenvalue weighted by atomic mass is 16.5. The predicted octanol–water partition coefficient (Wildman–Crippen LogP) is 3.90. The third-order valence-corrected chi connectivity index (χ3v) is 4.14. The zero-order valence-electron chi connectivity index (χ0n) is 13.8. The molecular weight excluding hydrogens is 302 g/mol. The summed E-state index contributed by atoms with van der Waals surface area (Å²) in [7, 11) is 0. The van der Waals surface area contributed by atoms with Gasteiger partial charge in [0.15, 0.2) is 0 Å². The van der Waals surface area contributed by atoms with Crippen molar-refractivity contribution in [3.8, 4) is 0 Å². The van der Waals surface area contributed by atoms with Gasteiger partial charge in [-0.05, 0) is 31.5 Å². The molecule has 1 aromatic carbocycles. The van der Waals surface area contributed by atoms with Gasteiger partial charge in [-0.1, -0.05) is 24.2 Å². The molecule has 0 aliphatic carbocycles. The minimum Gasteiger partial charge on any atom is -0.377 e. The van der Waals surface area contributed by atoms with Crippen molar-refractivity contribution in [3.63, 3.8) is 0 Å². The highest BCUT2D eigenvalue weighted by molar-refractivity contribution is 5.79. The zero-order chi connectivity index (χ0) is 16.5. The predicted molar refractivity (Wildman–Crippen MR) is 93.9 cm³/mol. The Morgan fingerprint density at radius 3 is 3.00 bits per heavy atom. The van der Waals surface area contributed by atoms with Gasteiger partial charge in [-0.15, -0.1) is 0 Å². The number of fused-ring (bicyclic) bond motifs is 2. The first-order chi connectivity index (χ1) is 11.8. The molecule has 0 spiro atoms. The first-order valence-electron chi connectivity index (χ1n) is 8.16. The second-order valence-electron chi connectivity index (χ2n) is 5.87. The molecular formula is C18H19N5O. The molecule has 4 aromatic rings. The molecule has 0 fully saturated rings. The van der Waals surface area contributed by atoms with Gasteiger partial charge in [-0.25, -0.2) is 9.97 Å². The monoisotopic (exact) mass is 321 g/mol. The van der Waals surface area contributed by atoms with E-state index < -0.39 is 0 Å².